The van der Waals surface area contributed by atoms with Gasteiger partial charge >= 0.3 is 0 Å². The van der Waals surface area contributed by atoms with Crippen LogP contribution in [-0.4, -0.2) is 26.3 Å². The Bertz CT molecular complexity index is 290. The Kier molecular flexibility index (Phi) is 2.58. The lowest BCUT2D eigenvalue weighted by Gasteiger charge is -2.05. The first kappa shape index (κ1) is 9.74. The molecule has 0 unspecified atom stereocenters. The van der Waals surface area contributed by atoms with Gasteiger partial charge < -0.3 is 0 Å². The van der Waals surface area contributed by atoms with E-state index in [-0.39, 0.29) is 0 Å². The Morgan fingerprint density at radius 2 is 2.08 bits per heavy atom. The molecule has 1 fully saturated rings. The second-order valence-electron chi connectivity index (χ2n) is 3.45. The van der Waals surface area contributed by atoms with Crippen molar-refractivity contribution in [3.8, 4) is 0 Å². The third-order valence-corrected chi connectivity index (χ3v) is 3.94. The van der Waals surface area contributed by atoms with E-state index in [0.717, 1.165) is 0 Å². The monoisotopic (exact) mass is 189 g/mol. The van der Waals surface area contributed by atoms with Gasteiger partial charge in [-0.25, -0.2) is 12.7 Å². The summed E-state index contributed by atoms with van der Waals surface area (Å²) in [5.41, 5.74) is 0. The van der Waals surface area contributed by atoms with Crippen molar-refractivity contribution in [2.24, 2.45) is 5.92 Å². The molecule has 0 spiro atoms. The van der Waals surface area contributed by atoms with Crippen LogP contribution >= 0.6 is 0 Å². The predicted molar refractivity (Wildman–Crippen MR) is 49.1 cm³/mol. The molecule has 0 saturated carbocycles. The van der Waals surface area contributed by atoms with Crippen LogP contribution in [0, 0.1) is 5.92 Å². The van der Waals surface area contributed by atoms with Crippen molar-refractivity contribution in [3.63, 3.8) is 0 Å². The number of hydrogen-bond acceptors (Lipinski definition) is 2. The molecule has 0 N–H and O–H groups in total. The number of nitrogens with zero attached hydrogens (tertiary/aromatic N) is 1. The van der Waals surface area contributed by atoms with Crippen LogP contribution < -0.4 is 0 Å². The van der Waals surface area contributed by atoms with Crippen LogP contribution in [-0.2, 0) is 10.0 Å². The Labute approximate surface area is 74.1 Å². The fourth-order valence-electron chi connectivity index (χ4n) is 1.26. The van der Waals surface area contributed by atoms with Crippen LogP contribution in [0.1, 0.15) is 20.3 Å². The summed E-state index contributed by atoms with van der Waals surface area (Å²) in [6, 6.07) is 0. The average Bonchev–Trinajstić information content (AvgIpc) is 2.15. The fraction of sp³-hybridized carbons (Fsp3) is 0.750. The van der Waals surface area contributed by atoms with Gasteiger partial charge in [-0.15, -0.1) is 0 Å². The summed E-state index contributed by atoms with van der Waals surface area (Å²) >= 11 is 0. The van der Waals surface area contributed by atoms with Gasteiger partial charge in [-0.1, -0.05) is 19.9 Å². The van der Waals surface area contributed by atoms with E-state index < -0.39 is 10.0 Å². The summed E-state index contributed by atoms with van der Waals surface area (Å²) in [6.07, 6.45) is 2.50. The van der Waals surface area contributed by atoms with Gasteiger partial charge in [0.1, 0.15) is 0 Å². The van der Waals surface area contributed by atoms with E-state index in [1.807, 2.05) is 19.9 Å². The maximum Gasteiger partial charge on any atom is 0.238 e. The minimum absolute atomic E-state index is 0.307. The molecule has 3 nitrogen and oxygen atoms in total. The molecule has 0 aromatic heterocycles. The van der Waals surface area contributed by atoms with Crippen molar-refractivity contribution < 1.29 is 8.42 Å². The minimum atomic E-state index is -3.07. The maximum atomic E-state index is 11.5. The Morgan fingerprint density at radius 3 is 2.42 bits per heavy atom. The molecule has 0 radical (unpaired) electrons. The molecule has 1 aliphatic rings. The third kappa shape index (κ3) is 1.69. The normalized spacial score (nSPS) is 27.2. The summed E-state index contributed by atoms with van der Waals surface area (Å²) in [5.74, 6) is 0.307. The molecule has 4 heteroatoms. The van der Waals surface area contributed by atoms with E-state index in [2.05, 4.69) is 0 Å². The zero-order chi connectivity index (χ0) is 9.35. The summed E-state index contributed by atoms with van der Waals surface area (Å²) in [4.78, 5) is 0.583. The molecule has 0 atom stereocenters. The topological polar surface area (TPSA) is 37.4 Å². The van der Waals surface area contributed by atoms with E-state index in [9.17, 15) is 8.42 Å². The lowest BCUT2D eigenvalue weighted by atomic mass is 10.2. The lowest BCUT2D eigenvalue weighted by Crippen LogP contribution is -2.19. The predicted octanol–water partition coefficient (Wildman–Crippen LogP) is 1.19. The van der Waals surface area contributed by atoms with E-state index in [0.29, 0.717) is 23.8 Å². The Balaban J connectivity index is 2.98. The van der Waals surface area contributed by atoms with Crippen LogP contribution in [0.3, 0.4) is 0 Å². The van der Waals surface area contributed by atoms with Gasteiger partial charge in [0.2, 0.25) is 10.0 Å². The molecule has 12 heavy (non-hydrogen) atoms. The van der Waals surface area contributed by atoms with Crippen LogP contribution in [0.25, 0.3) is 0 Å². The zero-order valence-electron chi connectivity index (χ0n) is 7.74. The molecule has 1 rings (SSSR count). The van der Waals surface area contributed by atoms with Gasteiger partial charge in [-0.3, -0.25) is 0 Å². The van der Waals surface area contributed by atoms with Crippen LogP contribution in [0.15, 0.2) is 11.0 Å². The molecular formula is C8H15NO2S. The van der Waals surface area contributed by atoms with Crippen LogP contribution in [0.2, 0.25) is 0 Å². The van der Waals surface area contributed by atoms with Crippen molar-refractivity contribution in [2.75, 3.05) is 13.6 Å². The smallest absolute Gasteiger partial charge is 0.207 e. The van der Waals surface area contributed by atoms with Gasteiger partial charge in [0.25, 0.3) is 0 Å². The molecule has 0 aliphatic carbocycles. The van der Waals surface area contributed by atoms with E-state index in [1.54, 1.807) is 7.05 Å². The summed E-state index contributed by atoms with van der Waals surface area (Å²) in [7, 11) is -1.44. The molecular weight excluding hydrogens is 174 g/mol. The first-order chi connectivity index (χ1) is 5.44. The SMILES string of the molecule is CC(C)/C=C1\CCN(C)S1(=O)=O. The Hall–Kier alpha value is -0.350. The molecule has 0 bridgehead atoms. The van der Waals surface area contributed by atoms with E-state index >= 15 is 0 Å². The highest BCUT2D eigenvalue weighted by Crippen LogP contribution is 2.24. The average molecular weight is 189 g/mol. The van der Waals surface area contributed by atoms with Crippen molar-refractivity contribution >= 4 is 10.0 Å². The molecule has 0 aromatic rings. The molecule has 1 aliphatic heterocycles. The van der Waals surface area contributed by atoms with E-state index in [4.69, 9.17) is 0 Å². The molecule has 1 heterocycles. The molecule has 0 aromatic carbocycles. The second-order valence-corrected chi connectivity index (χ2v) is 5.55. The lowest BCUT2D eigenvalue weighted by molar-refractivity contribution is 0.507. The van der Waals surface area contributed by atoms with Crippen molar-refractivity contribution in [2.45, 2.75) is 20.3 Å². The van der Waals surface area contributed by atoms with Crippen molar-refractivity contribution in [1.82, 2.24) is 4.31 Å². The van der Waals surface area contributed by atoms with Gasteiger partial charge in [0.05, 0.1) is 4.91 Å². The maximum absolute atomic E-state index is 11.5. The number of sulfonamides is 1. The molecule has 1 saturated heterocycles. The first-order valence-electron chi connectivity index (χ1n) is 4.11. The zero-order valence-corrected chi connectivity index (χ0v) is 8.56. The third-order valence-electron chi connectivity index (χ3n) is 1.93. The largest absolute Gasteiger partial charge is 0.238 e. The first-order valence-corrected chi connectivity index (χ1v) is 5.55. The number of rotatable bonds is 1. The highest BCUT2D eigenvalue weighted by atomic mass is 32.2. The highest BCUT2D eigenvalue weighted by Gasteiger charge is 2.30. The quantitative estimate of drug-likeness (QED) is 0.621. The van der Waals surface area contributed by atoms with Crippen LogP contribution in [0.5, 0.6) is 0 Å². The van der Waals surface area contributed by atoms with Gasteiger partial charge in [-0.2, -0.15) is 0 Å². The standard InChI is InChI=1S/C8H15NO2S/c1-7(2)6-8-4-5-9(3)12(8,10)11/h6-7H,4-5H2,1-3H3/b8-6+. The van der Waals surface area contributed by atoms with Gasteiger partial charge in [0.15, 0.2) is 0 Å². The summed E-state index contributed by atoms with van der Waals surface area (Å²) in [5, 5.41) is 0. The van der Waals surface area contributed by atoms with Crippen molar-refractivity contribution in [3.05, 3.63) is 11.0 Å². The molecule has 0 amide bonds. The van der Waals surface area contributed by atoms with Crippen LogP contribution in [0.4, 0.5) is 0 Å². The number of allylic oxidation sites excluding steroid dienone is 1. The summed E-state index contributed by atoms with van der Waals surface area (Å²) < 4.78 is 24.4. The van der Waals surface area contributed by atoms with E-state index in [1.165, 1.54) is 4.31 Å². The van der Waals surface area contributed by atoms with Gasteiger partial charge in [-0.05, 0) is 12.3 Å². The Morgan fingerprint density at radius 1 is 1.50 bits per heavy atom. The minimum Gasteiger partial charge on any atom is -0.207 e. The van der Waals surface area contributed by atoms with Gasteiger partial charge in [0, 0.05) is 13.6 Å². The van der Waals surface area contributed by atoms with Crippen molar-refractivity contribution in [1.29, 1.82) is 0 Å². The highest BCUT2D eigenvalue weighted by molar-refractivity contribution is 7.93. The molecule has 70 valence electrons. The fourth-order valence-corrected chi connectivity index (χ4v) is 2.78. The second kappa shape index (κ2) is 3.18. The number of hydrogen-bond donors (Lipinski definition) is 0. The summed E-state index contributed by atoms with van der Waals surface area (Å²) in [6.45, 7) is 4.60.